The number of hydrogen-bond acceptors (Lipinski definition) is 4. The van der Waals surface area contributed by atoms with E-state index < -0.39 is 0 Å². The average molecular weight is 377 g/mol. The van der Waals surface area contributed by atoms with Crippen molar-refractivity contribution in [1.82, 2.24) is 14.8 Å². The maximum atomic E-state index is 13.3. The Hall–Kier alpha value is -2.40. The van der Waals surface area contributed by atoms with Gasteiger partial charge in [-0.15, -0.1) is 0 Å². The summed E-state index contributed by atoms with van der Waals surface area (Å²) >= 11 is 0. The third-order valence-corrected chi connectivity index (χ3v) is 6.91. The second kappa shape index (κ2) is 7.21. The largest absolute Gasteiger partial charge is 0.497 e. The fourth-order valence-corrected chi connectivity index (χ4v) is 5.65. The second-order valence-corrected chi connectivity index (χ2v) is 8.32. The minimum Gasteiger partial charge on any atom is -0.497 e. The molecule has 1 aromatic heterocycles. The van der Waals surface area contributed by atoms with Crippen LogP contribution in [0.1, 0.15) is 29.9 Å². The van der Waals surface area contributed by atoms with Crippen molar-refractivity contribution < 1.29 is 9.53 Å². The first kappa shape index (κ1) is 17.7. The van der Waals surface area contributed by atoms with E-state index in [9.17, 15) is 4.79 Å². The number of fused-ring (bicyclic) bond motifs is 2. The molecular weight excluding hydrogens is 350 g/mol. The molecule has 2 aromatic rings. The van der Waals surface area contributed by atoms with Gasteiger partial charge in [0.05, 0.1) is 19.6 Å². The van der Waals surface area contributed by atoms with Crippen molar-refractivity contribution in [3.8, 4) is 5.75 Å². The number of carbonyl (C=O) groups excluding carboxylic acids is 1. The highest BCUT2D eigenvalue weighted by atomic mass is 16.5. The Bertz CT molecular complexity index is 848. The predicted molar refractivity (Wildman–Crippen MR) is 107 cm³/mol. The summed E-state index contributed by atoms with van der Waals surface area (Å²) < 4.78 is 5.46. The highest BCUT2D eigenvalue weighted by molar-refractivity contribution is 5.80. The Kier molecular flexibility index (Phi) is 4.55. The number of likely N-dealkylation sites (tertiary alicyclic amines) is 1. The minimum atomic E-state index is 0.238. The fraction of sp³-hybridized carbons (Fsp3) is 0.478. The molecule has 0 N–H and O–H groups in total. The van der Waals surface area contributed by atoms with E-state index >= 15 is 0 Å². The van der Waals surface area contributed by atoms with Gasteiger partial charge in [-0.25, -0.2) is 0 Å². The van der Waals surface area contributed by atoms with Crippen LogP contribution in [-0.4, -0.2) is 59.5 Å². The number of carbonyl (C=O) groups is 1. The van der Waals surface area contributed by atoms with Crippen molar-refractivity contribution in [3.63, 3.8) is 0 Å². The number of amides is 1. The summed E-state index contributed by atoms with van der Waals surface area (Å²) in [5, 5.41) is 0. The van der Waals surface area contributed by atoms with Gasteiger partial charge in [-0.05, 0) is 61.2 Å². The van der Waals surface area contributed by atoms with E-state index in [1.54, 1.807) is 13.3 Å². The van der Waals surface area contributed by atoms with Crippen LogP contribution >= 0.6 is 0 Å². The Labute approximate surface area is 166 Å². The van der Waals surface area contributed by atoms with Crippen LogP contribution in [-0.2, 0) is 11.2 Å². The number of piperidine rings is 3. The lowest BCUT2D eigenvalue weighted by atomic mass is 9.75. The van der Waals surface area contributed by atoms with Crippen molar-refractivity contribution >= 4 is 5.91 Å². The van der Waals surface area contributed by atoms with Crippen LogP contribution in [0.3, 0.4) is 0 Å². The molecule has 0 unspecified atom stereocenters. The number of rotatable bonds is 4. The van der Waals surface area contributed by atoms with Crippen molar-refractivity contribution in [2.75, 3.05) is 26.7 Å². The van der Waals surface area contributed by atoms with Crippen LogP contribution in [0.15, 0.2) is 48.8 Å². The third-order valence-electron chi connectivity index (χ3n) is 6.91. The number of ether oxygens (including phenoxy) is 1. The first-order valence-corrected chi connectivity index (χ1v) is 10.3. The number of pyridine rings is 1. The van der Waals surface area contributed by atoms with Gasteiger partial charge in [0.25, 0.3) is 0 Å². The molecule has 6 rings (SSSR count). The van der Waals surface area contributed by atoms with Crippen molar-refractivity contribution in [1.29, 1.82) is 0 Å². The van der Waals surface area contributed by atoms with Gasteiger partial charge in [-0.1, -0.05) is 18.2 Å². The molecule has 1 amide bonds. The van der Waals surface area contributed by atoms with Crippen LogP contribution in [0.2, 0.25) is 0 Å². The van der Waals surface area contributed by atoms with Crippen molar-refractivity contribution in [2.24, 2.45) is 5.92 Å². The van der Waals surface area contributed by atoms with E-state index in [0.717, 1.165) is 30.9 Å². The summed E-state index contributed by atoms with van der Waals surface area (Å²) in [5.74, 6) is 2.11. The van der Waals surface area contributed by atoms with Gasteiger partial charge < -0.3 is 9.64 Å². The quantitative estimate of drug-likeness (QED) is 0.822. The monoisotopic (exact) mass is 377 g/mol. The van der Waals surface area contributed by atoms with E-state index in [4.69, 9.17) is 4.74 Å². The molecule has 0 radical (unpaired) electrons. The molecule has 0 spiro atoms. The molecule has 4 aliphatic rings. The van der Waals surface area contributed by atoms with Gasteiger partial charge in [0.1, 0.15) is 5.75 Å². The molecule has 28 heavy (non-hydrogen) atoms. The molecule has 2 bridgehead atoms. The van der Waals surface area contributed by atoms with Gasteiger partial charge in [0.2, 0.25) is 5.91 Å². The van der Waals surface area contributed by atoms with Gasteiger partial charge in [0.15, 0.2) is 0 Å². The van der Waals surface area contributed by atoms with Crippen molar-refractivity contribution in [2.45, 2.75) is 37.3 Å². The molecular formula is C23H27N3O2. The van der Waals surface area contributed by atoms with Gasteiger partial charge in [-0.2, -0.15) is 0 Å². The van der Waals surface area contributed by atoms with Crippen LogP contribution in [0.4, 0.5) is 0 Å². The number of methoxy groups -OCH3 is 1. The maximum Gasteiger partial charge on any atom is 0.227 e. The van der Waals surface area contributed by atoms with E-state index in [2.05, 4.69) is 33.0 Å². The Morgan fingerprint density at radius 1 is 1.18 bits per heavy atom. The molecule has 4 saturated heterocycles. The average Bonchev–Trinajstić information content (AvgIpc) is 3.18. The van der Waals surface area contributed by atoms with E-state index in [-0.39, 0.29) is 5.91 Å². The third kappa shape index (κ3) is 2.98. The molecule has 1 aromatic carbocycles. The molecule has 0 saturated carbocycles. The number of benzene rings is 1. The number of hydrogen-bond donors (Lipinski definition) is 0. The second-order valence-electron chi connectivity index (χ2n) is 8.32. The first-order valence-electron chi connectivity index (χ1n) is 10.3. The summed E-state index contributed by atoms with van der Waals surface area (Å²) in [4.78, 5) is 22.3. The van der Waals surface area contributed by atoms with E-state index in [0.29, 0.717) is 30.3 Å². The fourth-order valence-electron chi connectivity index (χ4n) is 5.65. The lowest BCUT2D eigenvalue weighted by molar-refractivity contribution is -0.135. The summed E-state index contributed by atoms with van der Waals surface area (Å²) in [5.41, 5.74) is 2.29. The smallest absolute Gasteiger partial charge is 0.227 e. The van der Waals surface area contributed by atoms with Gasteiger partial charge in [0, 0.05) is 30.9 Å². The number of nitrogens with zero attached hydrogens (tertiary/aromatic N) is 3. The van der Waals surface area contributed by atoms with Crippen LogP contribution < -0.4 is 4.74 Å². The summed E-state index contributed by atoms with van der Waals surface area (Å²) in [6, 6.07) is 13.1. The zero-order valence-electron chi connectivity index (χ0n) is 16.3. The molecule has 0 aliphatic carbocycles. The maximum absolute atomic E-state index is 13.3. The summed E-state index contributed by atoms with van der Waals surface area (Å²) in [7, 11) is 1.71. The summed E-state index contributed by atoms with van der Waals surface area (Å²) in [6.07, 6.45) is 6.42. The normalized spacial score (nSPS) is 30.9. The minimum absolute atomic E-state index is 0.238. The van der Waals surface area contributed by atoms with E-state index in [1.165, 1.54) is 18.4 Å². The lowest BCUT2D eigenvalue weighted by Gasteiger charge is -2.51. The first-order chi connectivity index (χ1) is 13.7. The molecule has 5 heterocycles. The van der Waals surface area contributed by atoms with Crippen LogP contribution in [0.5, 0.6) is 5.75 Å². The molecule has 146 valence electrons. The standard InChI is InChI=1S/C23H27N3O2/c1-28-19-6-2-5-18(13-19)20-15-26(21(27)12-16-4-3-9-24-14-16)22-17-7-10-25(11-8-17)23(20)22/h2-6,9,13-14,17,20,22-23H,7-8,10-12,15H2,1H3/t20-,22-,23-/m1/s1. The predicted octanol–water partition coefficient (Wildman–Crippen LogP) is 2.72. The topological polar surface area (TPSA) is 45.7 Å². The molecule has 4 fully saturated rings. The van der Waals surface area contributed by atoms with Gasteiger partial charge >= 0.3 is 0 Å². The Morgan fingerprint density at radius 2 is 2.04 bits per heavy atom. The van der Waals surface area contributed by atoms with E-state index in [1.807, 2.05) is 24.4 Å². The van der Waals surface area contributed by atoms with Crippen LogP contribution in [0.25, 0.3) is 0 Å². The highest BCUT2D eigenvalue weighted by Gasteiger charge is 2.54. The van der Waals surface area contributed by atoms with Crippen molar-refractivity contribution in [3.05, 3.63) is 59.9 Å². The molecule has 5 nitrogen and oxygen atoms in total. The SMILES string of the molecule is COc1cccc([C@H]2CN(C(=O)Cc3cccnc3)[C@@H]3C4CCN(CC4)[C@H]23)c1. The van der Waals surface area contributed by atoms with Gasteiger partial charge in [-0.3, -0.25) is 14.7 Å². The number of aromatic nitrogens is 1. The van der Waals surface area contributed by atoms with Crippen LogP contribution in [0, 0.1) is 5.92 Å². The Morgan fingerprint density at radius 3 is 2.79 bits per heavy atom. The highest BCUT2D eigenvalue weighted by Crippen LogP contribution is 2.47. The molecule has 4 aliphatic heterocycles. The lowest BCUT2D eigenvalue weighted by Crippen LogP contribution is -2.60. The zero-order chi connectivity index (χ0) is 19.1. The molecule has 5 heteroatoms. The summed E-state index contributed by atoms with van der Waals surface area (Å²) in [6.45, 7) is 3.13. The molecule has 3 atom stereocenters. The Balaban J connectivity index is 1.46. The zero-order valence-corrected chi connectivity index (χ0v) is 16.3.